The van der Waals surface area contributed by atoms with Crippen LogP contribution in [0.3, 0.4) is 0 Å². The Bertz CT molecular complexity index is 1200. The molecule has 1 aliphatic heterocycles. The van der Waals surface area contributed by atoms with Gasteiger partial charge in [-0.3, -0.25) is 9.59 Å². The van der Waals surface area contributed by atoms with Gasteiger partial charge in [0.1, 0.15) is 5.75 Å². The molecule has 4 rings (SSSR count). The second kappa shape index (κ2) is 11.3. The third kappa shape index (κ3) is 5.69. The molecule has 2 aromatic carbocycles. The quantitative estimate of drug-likeness (QED) is 0.408. The summed E-state index contributed by atoms with van der Waals surface area (Å²) in [6.45, 7) is 3.68. The highest BCUT2D eigenvalue weighted by atomic mass is 16.5. The SMILES string of the molecule is CCCOc1ccc(C2C(C(=O)/C=C/c3ccccc3)=C(O)C(=O)N2CCCn2ccnc2)cc1. The summed E-state index contributed by atoms with van der Waals surface area (Å²) < 4.78 is 7.61. The van der Waals surface area contributed by atoms with Crippen LogP contribution >= 0.6 is 0 Å². The molecule has 1 unspecified atom stereocenters. The van der Waals surface area contributed by atoms with Gasteiger partial charge >= 0.3 is 0 Å². The van der Waals surface area contributed by atoms with Crippen LogP contribution in [0.15, 0.2) is 90.7 Å². The molecule has 2 heterocycles. The lowest BCUT2D eigenvalue weighted by atomic mass is 9.95. The van der Waals surface area contributed by atoms with Gasteiger partial charge in [0, 0.05) is 25.5 Å². The monoisotopic (exact) mass is 471 g/mol. The first-order valence-electron chi connectivity index (χ1n) is 11.8. The number of nitrogens with zero attached hydrogens (tertiary/aromatic N) is 3. The Labute approximate surface area is 205 Å². The summed E-state index contributed by atoms with van der Waals surface area (Å²) in [7, 11) is 0. The van der Waals surface area contributed by atoms with Crippen LogP contribution in [0.2, 0.25) is 0 Å². The van der Waals surface area contributed by atoms with Crippen LogP contribution in [0.4, 0.5) is 0 Å². The molecule has 180 valence electrons. The fraction of sp³-hybridized carbons (Fsp3) is 0.250. The first-order valence-corrected chi connectivity index (χ1v) is 11.8. The van der Waals surface area contributed by atoms with Gasteiger partial charge in [-0.2, -0.15) is 0 Å². The van der Waals surface area contributed by atoms with Crippen molar-refractivity contribution < 1.29 is 19.4 Å². The fourth-order valence-electron chi connectivity index (χ4n) is 4.12. The number of rotatable bonds is 11. The summed E-state index contributed by atoms with van der Waals surface area (Å²) in [5.41, 5.74) is 1.69. The van der Waals surface area contributed by atoms with Gasteiger partial charge in [0.15, 0.2) is 11.5 Å². The van der Waals surface area contributed by atoms with Gasteiger partial charge in [0.05, 0.1) is 24.5 Å². The number of carbonyl (C=O) groups excluding carboxylic acids is 2. The van der Waals surface area contributed by atoms with Crippen molar-refractivity contribution >= 4 is 17.8 Å². The number of aliphatic hydroxyl groups excluding tert-OH is 1. The number of aryl methyl sites for hydroxylation is 1. The molecule has 1 aliphatic rings. The molecular formula is C28H29N3O4. The summed E-state index contributed by atoms with van der Waals surface area (Å²) in [6.07, 6.45) is 9.92. The van der Waals surface area contributed by atoms with E-state index in [0.29, 0.717) is 26.1 Å². The van der Waals surface area contributed by atoms with Crippen molar-refractivity contribution in [3.8, 4) is 5.75 Å². The molecular weight excluding hydrogens is 442 g/mol. The van der Waals surface area contributed by atoms with Crippen molar-refractivity contribution in [3.05, 3.63) is 102 Å². The zero-order chi connectivity index (χ0) is 24.6. The van der Waals surface area contributed by atoms with Gasteiger partial charge in [-0.15, -0.1) is 0 Å². The van der Waals surface area contributed by atoms with Gasteiger partial charge in [0.2, 0.25) is 0 Å². The maximum Gasteiger partial charge on any atom is 0.290 e. The predicted molar refractivity (Wildman–Crippen MR) is 134 cm³/mol. The van der Waals surface area contributed by atoms with Crippen LogP contribution < -0.4 is 4.74 Å². The van der Waals surface area contributed by atoms with Crippen LogP contribution in [-0.2, 0) is 16.1 Å². The van der Waals surface area contributed by atoms with Crippen LogP contribution in [-0.4, -0.2) is 44.4 Å². The number of hydrogen-bond donors (Lipinski definition) is 1. The lowest BCUT2D eigenvalue weighted by Crippen LogP contribution is -2.32. The minimum Gasteiger partial charge on any atom is -0.503 e. The molecule has 0 fully saturated rings. The largest absolute Gasteiger partial charge is 0.503 e. The fourth-order valence-corrected chi connectivity index (χ4v) is 4.12. The van der Waals surface area contributed by atoms with Gasteiger partial charge in [-0.05, 0) is 42.2 Å². The summed E-state index contributed by atoms with van der Waals surface area (Å²) in [6, 6.07) is 16.1. The Hall–Kier alpha value is -4.13. The molecule has 7 nitrogen and oxygen atoms in total. The topological polar surface area (TPSA) is 84.7 Å². The summed E-state index contributed by atoms with van der Waals surface area (Å²) in [5.74, 6) is -0.709. The van der Waals surface area contributed by atoms with Crippen molar-refractivity contribution in [2.45, 2.75) is 32.4 Å². The van der Waals surface area contributed by atoms with E-state index >= 15 is 0 Å². The Morgan fingerprint density at radius 1 is 1.11 bits per heavy atom. The minimum absolute atomic E-state index is 0.0899. The van der Waals surface area contributed by atoms with Crippen molar-refractivity contribution in [1.29, 1.82) is 0 Å². The molecule has 0 bridgehead atoms. The van der Waals surface area contributed by atoms with Crippen LogP contribution in [0.25, 0.3) is 6.08 Å². The van der Waals surface area contributed by atoms with Crippen LogP contribution in [0, 0.1) is 0 Å². The molecule has 35 heavy (non-hydrogen) atoms. The Morgan fingerprint density at radius 3 is 2.57 bits per heavy atom. The van der Waals surface area contributed by atoms with E-state index in [1.54, 1.807) is 23.5 Å². The van der Waals surface area contributed by atoms with E-state index in [1.807, 2.05) is 72.3 Å². The molecule has 7 heteroatoms. The Balaban J connectivity index is 1.60. The predicted octanol–water partition coefficient (Wildman–Crippen LogP) is 4.74. The smallest absolute Gasteiger partial charge is 0.290 e. The third-order valence-corrected chi connectivity index (χ3v) is 5.84. The first-order chi connectivity index (χ1) is 17.1. The van der Waals surface area contributed by atoms with E-state index in [4.69, 9.17) is 4.74 Å². The number of amides is 1. The van der Waals surface area contributed by atoms with Gasteiger partial charge < -0.3 is 19.3 Å². The van der Waals surface area contributed by atoms with E-state index in [9.17, 15) is 14.7 Å². The zero-order valence-electron chi connectivity index (χ0n) is 19.7. The average molecular weight is 472 g/mol. The molecule has 0 saturated carbocycles. The van der Waals surface area contributed by atoms with E-state index in [0.717, 1.165) is 23.3 Å². The number of ether oxygens (including phenoxy) is 1. The van der Waals surface area contributed by atoms with Crippen molar-refractivity contribution in [1.82, 2.24) is 14.5 Å². The molecule has 0 saturated heterocycles. The highest BCUT2D eigenvalue weighted by molar-refractivity contribution is 6.14. The zero-order valence-corrected chi connectivity index (χ0v) is 19.7. The van der Waals surface area contributed by atoms with Gasteiger partial charge in [0.25, 0.3) is 5.91 Å². The number of carbonyl (C=O) groups is 2. The number of benzene rings is 2. The van der Waals surface area contributed by atoms with Crippen LogP contribution in [0.1, 0.15) is 36.9 Å². The molecule has 3 aromatic rings. The second-order valence-corrected chi connectivity index (χ2v) is 8.34. The van der Waals surface area contributed by atoms with E-state index in [2.05, 4.69) is 4.98 Å². The molecule has 1 aromatic heterocycles. The van der Waals surface area contributed by atoms with E-state index < -0.39 is 23.5 Å². The number of allylic oxidation sites excluding steroid dienone is 1. The first kappa shape index (κ1) is 24.0. The molecule has 0 radical (unpaired) electrons. The van der Waals surface area contributed by atoms with Crippen molar-refractivity contribution in [2.24, 2.45) is 0 Å². The average Bonchev–Trinajstić information content (AvgIpc) is 3.49. The molecule has 0 aliphatic carbocycles. The lowest BCUT2D eigenvalue weighted by Gasteiger charge is -2.27. The van der Waals surface area contributed by atoms with Crippen LogP contribution in [0.5, 0.6) is 5.75 Å². The van der Waals surface area contributed by atoms with Gasteiger partial charge in [-0.25, -0.2) is 4.98 Å². The maximum atomic E-state index is 13.3. The van der Waals surface area contributed by atoms with Crippen molar-refractivity contribution in [2.75, 3.05) is 13.2 Å². The Kier molecular flexibility index (Phi) is 7.77. The normalized spacial score (nSPS) is 15.9. The molecule has 1 amide bonds. The molecule has 1 N–H and O–H groups in total. The number of ketones is 1. The summed E-state index contributed by atoms with van der Waals surface area (Å²) in [4.78, 5) is 31.9. The van der Waals surface area contributed by atoms with Gasteiger partial charge in [-0.1, -0.05) is 55.5 Å². The summed E-state index contributed by atoms with van der Waals surface area (Å²) >= 11 is 0. The number of imidazole rings is 1. The number of aromatic nitrogens is 2. The highest BCUT2D eigenvalue weighted by Gasteiger charge is 2.42. The molecule has 1 atom stereocenters. The number of aliphatic hydroxyl groups is 1. The highest BCUT2D eigenvalue weighted by Crippen LogP contribution is 2.38. The minimum atomic E-state index is -0.682. The Morgan fingerprint density at radius 2 is 1.89 bits per heavy atom. The number of hydrogen-bond acceptors (Lipinski definition) is 5. The van der Waals surface area contributed by atoms with E-state index in [-0.39, 0.29) is 5.57 Å². The van der Waals surface area contributed by atoms with Crippen molar-refractivity contribution in [3.63, 3.8) is 0 Å². The second-order valence-electron chi connectivity index (χ2n) is 8.34. The van der Waals surface area contributed by atoms with E-state index in [1.165, 1.54) is 6.08 Å². The maximum absolute atomic E-state index is 13.3. The summed E-state index contributed by atoms with van der Waals surface area (Å²) in [5, 5.41) is 10.8. The molecule has 0 spiro atoms. The lowest BCUT2D eigenvalue weighted by molar-refractivity contribution is -0.129. The standard InChI is InChI=1S/C28H29N3O4/c1-2-19-35-23-12-10-22(11-13-23)26-25(24(32)14-9-21-7-4-3-5-8-21)27(33)28(34)31(26)17-6-16-30-18-15-29-20-30/h3-5,7-15,18,20,26,33H,2,6,16-17,19H2,1H3/b14-9+. The third-order valence-electron chi connectivity index (χ3n) is 5.84.